The van der Waals surface area contributed by atoms with Gasteiger partial charge in [-0.1, -0.05) is 5.16 Å². The Bertz CT molecular complexity index is 606. The van der Waals surface area contributed by atoms with Gasteiger partial charge >= 0.3 is 0 Å². The molecule has 1 aliphatic heterocycles. The predicted molar refractivity (Wildman–Crippen MR) is 84.8 cm³/mol. The minimum Gasteiger partial charge on any atom is -0.339 e. The molecule has 1 saturated carbocycles. The third kappa shape index (κ3) is 3.97. The van der Waals surface area contributed by atoms with Crippen molar-refractivity contribution >= 4 is 0 Å². The van der Waals surface area contributed by atoms with Crippen LogP contribution in [0, 0.1) is 0 Å². The molecule has 1 atom stereocenters. The fraction of sp³-hybridized carbons (Fsp3) is 0.688. The van der Waals surface area contributed by atoms with E-state index in [1.54, 1.807) is 0 Å². The lowest BCUT2D eigenvalue weighted by atomic mass is 10.1. The topological polar surface area (TPSA) is 72.0 Å². The van der Waals surface area contributed by atoms with Gasteiger partial charge in [-0.2, -0.15) is 10.1 Å². The molecule has 7 nitrogen and oxygen atoms in total. The molecule has 0 radical (unpaired) electrons. The van der Waals surface area contributed by atoms with Crippen molar-refractivity contribution in [2.75, 3.05) is 19.6 Å². The van der Waals surface area contributed by atoms with Gasteiger partial charge in [-0.25, -0.2) is 0 Å². The van der Waals surface area contributed by atoms with Crippen LogP contribution in [0.2, 0.25) is 0 Å². The second-order valence-corrected chi connectivity index (χ2v) is 6.62. The van der Waals surface area contributed by atoms with Gasteiger partial charge in [-0.15, -0.1) is 0 Å². The smallest absolute Gasteiger partial charge is 0.229 e. The molecule has 2 aromatic heterocycles. The Morgan fingerprint density at radius 1 is 1.30 bits per heavy atom. The summed E-state index contributed by atoms with van der Waals surface area (Å²) in [5.74, 6) is 2.21. The minimum atomic E-state index is 0.536. The molecule has 7 heteroatoms. The molecular formula is C16H24N6O. The van der Waals surface area contributed by atoms with E-state index in [4.69, 9.17) is 4.52 Å². The van der Waals surface area contributed by atoms with Crippen molar-refractivity contribution in [3.8, 4) is 0 Å². The number of rotatable bonds is 7. The van der Waals surface area contributed by atoms with Crippen LogP contribution in [-0.4, -0.2) is 50.5 Å². The summed E-state index contributed by atoms with van der Waals surface area (Å²) in [6, 6.07) is 2.50. The van der Waals surface area contributed by atoms with E-state index < -0.39 is 0 Å². The lowest BCUT2D eigenvalue weighted by molar-refractivity contribution is 0.177. The van der Waals surface area contributed by atoms with Crippen molar-refractivity contribution in [3.05, 3.63) is 30.2 Å². The van der Waals surface area contributed by atoms with Crippen LogP contribution in [0.3, 0.4) is 0 Å². The van der Waals surface area contributed by atoms with Crippen molar-refractivity contribution in [1.29, 1.82) is 0 Å². The lowest BCUT2D eigenvalue weighted by Gasteiger charge is -2.32. The highest BCUT2D eigenvalue weighted by Gasteiger charge is 2.30. The van der Waals surface area contributed by atoms with Gasteiger partial charge in [-0.3, -0.25) is 9.58 Å². The zero-order valence-corrected chi connectivity index (χ0v) is 13.4. The molecule has 0 bridgehead atoms. The molecule has 2 aliphatic rings. The Morgan fingerprint density at radius 2 is 2.26 bits per heavy atom. The molecule has 0 spiro atoms. The maximum absolute atomic E-state index is 5.35. The van der Waals surface area contributed by atoms with Gasteiger partial charge in [0.15, 0.2) is 5.82 Å². The molecule has 3 heterocycles. The molecule has 1 unspecified atom stereocenters. The Hall–Kier alpha value is -1.73. The van der Waals surface area contributed by atoms with Crippen LogP contribution in [0.15, 0.2) is 23.0 Å². The monoisotopic (exact) mass is 316 g/mol. The summed E-state index contributed by atoms with van der Waals surface area (Å²) in [7, 11) is 0. The number of aromatic nitrogens is 4. The molecule has 1 aliphatic carbocycles. The largest absolute Gasteiger partial charge is 0.339 e. The Balaban J connectivity index is 1.23. The van der Waals surface area contributed by atoms with Gasteiger partial charge < -0.3 is 9.84 Å². The van der Waals surface area contributed by atoms with Crippen LogP contribution >= 0.6 is 0 Å². The third-order valence-electron chi connectivity index (χ3n) is 4.61. The average molecular weight is 316 g/mol. The molecule has 2 aromatic rings. The number of likely N-dealkylation sites (tertiary alicyclic amines) is 1. The Kier molecular flexibility index (Phi) is 4.39. The minimum absolute atomic E-state index is 0.536. The normalized spacial score (nSPS) is 22.5. The number of nitrogens with one attached hydrogen (secondary N) is 1. The highest BCUT2D eigenvalue weighted by Crippen LogP contribution is 2.38. The number of piperidine rings is 1. The average Bonchev–Trinajstić information content (AvgIpc) is 3.08. The standard InChI is InChI=1S/C16H24N6O/c1-3-14(17-7-10-22-9-2-6-18-22)11-21(8-1)12-15-19-16(23-20-15)13-4-5-13/h2,6,9,13-14,17H,1,3-5,7-8,10-12H2. The maximum atomic E-state index is 5.35. The van der Waals surface area contributed by atoms with Crippen molar-refractivity contribution in [2.24, 2.45) is 0 Å². The predicted octanol–water partition coefficient (Wildman–Crippen LogP) is 1.40. The molecular weight excluding hydrogens is 292 g/mol. The molecule has 23 heavy (non-hydrogen) atoms. The van der Waals surface area contributed by atoms with Gasteiger partial charge in [0.05, 0.1) is 13.1 Å². The summed E-state index contributed by atoms with van der Waals surface area (Å²) in [6.45, 7) is 4.83. The van der Waals surface area contributed by atoms with E-state index in [9.17, 15) is 0 Å². The highest BCUT2D eigenvalue weighted by atomic mass is 16.5. The van der Waals surface area contributed by atoms with E-state index in [1.807, 2.05) is 23.1 Å². The molecule has 0 amide bonds. The quantitative estimate of drug-likeness (QED) is 0.832. The van der Waals surface area contributed by atoms with Gasteiger partial charge in [0.2, 0.25) is 5.89 Å². The van der Waals surface area contributed by atoms with Crippen molar-refractivity contribution in [1.82, 2.24) is 30.1 Å². The van der Waals surface area contributed by atoms with E-state index in [1.165, 1.54) is 25.7 Å². The van der Waals surface area contributed by atoms with Crippen LogP contribution in [-0.2, 0) is 13.1 Å². The van der Waals surface area contributed by atoms with E-state index >= 15 is 0 Å². The third-order valence-corrected chi connectivity index (χ3v) is 4.61. The molecule has 4 rings (SSSR count). The summed E-state index contributed by atoms with van der Waals surface area (Å²) in [5.41, 5.74) is 0. The van der Waals surface area contributed by atoms with Crippen molar-refractivity contribution in [2.45, 2.75) is 50.7 Å². The summed E-state index contributed by atoms with van der Waals surface area (Å²) in [6.07, 6.45) is 8.68. The van der Waals surface area contributed by atoms with E-state index in [-0.39, 0.29) is 0 Å². The van der Waals surface area contributed by atoms with Crippen LogP contribution in [0.4, 0.5) is 0 Å². The van der Waals surface area contributed by atoms with Crippen LogP contribution in [0.5, 0.6) is 0 Å². The lowest BCUT2D eigenvalue weighted by Crippen LogP contribution is -2.46. The molecule has 124 valence electrons. The fourth-order valence-electron chi connectivity index (χ4n) is 3.21. The van der Waals surface area contributed by atoms with Crippen LogP contribution < -0.4 is 5.32 Å². The SMILES string of the molecule is c1cnn(CCNC2CCCN(Cc3noc(C4CC4)n3)C2)c1. The first kappa shape index (κ1) is 14.8. The maximum Gasteiger partial charge on any atom is 0.229 e. The molecule has 2 fully saturated rings. The second-order valence-electron chi connectivity index (χ2n) is 6.62. The molecule has 1 saturated heterocycles. The Labute approximate surface area is 136 Å². The summed E-state index contributed by atoms with van der Waals surface area (Å²) in [5, 5.41) is 12.0. The van der Waals surface area contributed by atoms with E-state index in [2.05, 4.69) is 25.5 Å². The molecule has 0 aromatic carbocycles. The van der Waals surface area contributed by atoms with E-state index in [0.29, 0.717) is 12.0 Å². The zero-order valence-electron chi connectivity index (χ0n) is 13.4. The molecule has 1 N–H and O–H groups in total. The number of hydrogen-bond donors (Lipinski definition) is 1. The Morgan fingerprint density at radius 3 is 3.09 bits per heavy atom. The first-order valence-corrected chi connectivity index (χ1v) is 8.62. The van der Waals surface area contributed by atoms with Crippen LogP contribution in [0.25, 0.3) is 0 Å². The summed E-state index contributed by atoms with van der Waals surface area (Å²) >= 11 is 0. The van der Waals surface area contributed by atoms with Gasteiger partial charge in [0.1, 0.15) is 0 Å². The summed E-state index contributed by atoms with van der Waals surface area (Å²) in [4.78, 5) is 6.96. The number of nitrogens with zero attached hydrogens (tertiary/aromatic N) is 5. The first-order chi connectivity index (χ1) is 11.4. The van der Waals surface area contributed by atoms with Gasteiger partial charge in [-0.05, 0) is 38.3 Å². The zero-order chi connectivity index (χ0) is 15.5. The van der Waals surface area contributed by atoms with Crippen molar-refractivity contribution in [3.63, 3.8) is 0 Å². The first-order valence-electron chi connectivity index (χ1n) is 8.62. The van der Waals surface area contributed by atoms with Crippen molar-refractivity contribution < 1.29 is 4.52 Å². The summed E-state index contributed by atoms with van der Waals surface area (Å²) < 4.78 is 7.31. The van der Waals surface area contributed by atoms with Crippen LogP contribution in [0.1, 0.15) is 43.3 Å². The second kappa shape index (κ2) is 6.80. The number of hydrogen-bond acceptors (Lipinski definition) is 6. The fourth-order valence-corrected chi connectivity index (χ4v) is 3.21. The van der Waals surface area contributed by atoms with E-state index in [0.717, 1.165) is 44.4 Å². The van der Waals surface area contributed by atoms with Gasteiger partial charge in [0.25, 0.3) is 0 Å². The van der Waals surface area contributed by atoms with Gasteiger partial charge in [0, 0.05) is 37.4 Å². The highest BCUT2D eigenvalue weighted by molar-refractivity contribution is 5.01.